The van der Waals surface area contributed by atoms with Crippen LogP contribution in [-0.2, 0) is 35.8 Å². The van der Waals surface area contributed by atoms with Gasteiger partial charge in [-0.25, -0.2) is 18.3 Å². The third-order valence-corrected chi connectivity index (χ3v) is 7.83. The van der Waals surface area contributed by atoms with Crippen LogP contribution in [-0.4, -0.2) is 21.1 Å². The van der Waals surface area contributed by atoms with Gasteiger partial charge in [0.2, 0.25) is 0 Å². The number of nitrogens with zero attached hydrogens (tertiary/aromatic N) is 4. The van der Waals surface area contributed by atoms with Crippen LogP contribution in [0.3, 0.4) is 0 Å². The van der Waals surface area contributed by atoms with Crippen LogP contribution in [0.5, 0.6) is 0 Å². The van der Waals surface area contributed by atoms with Crippen LogP contribution in [0, 0.1) is 0 Å². The zero-order valence-corrected chi connectivity index (χ0v) is 24.9. The number of para-hydroxylation sites is 4. The summed E-state index contributed by atoms with van der Waals surface area (Å²) < 4.78 is 8.99. The molecular weight excluding hydrogens is 568 g/mol. The number of carbonyl (C=O) groups is 2. The van der Waals surface area contributed by atoms with Crippen molar-refractivity contribution in [2.24, 2.45) is 0 Å². The van der Waals surface area contributed by atoms with Crippen molar-refractivity contribution in [1.29, 1.82) is 0 Å². The number of benzene rings is 4. The molecule has 10 heteroatoms. The minimum absolute atomic E-state index is 0.767. The van der Waals surface area contributed by atoms with Gasteiger partial charge < -0.3 is 19.8 Å². The van der Waals surface area contributed by atoms with Crippen molar-refractivity contribution in [2.45, 2.75) is 45.4 Å². The molecule has 230 valence electrons. The van der Waals surface area contributed by atoms with Crippen molar-refractivity contribution in [3.8, 4) is 0 Å². The van der Waals surface area contributed by atoms with Crippen LogP contribution >= 0.6 is 0 Å². The number of aromatic nitrogens is 4. The van der Waals surface area contributed by atoms with E-state index in [1.54, 1.807) is 0 Å². The van der Waals surface area contributed by atoms with E-state index in [1.807, 2.05) is 12.1 Å². The largest absolute Gasteiger partial charge is 0.543 e. The molecule has 10 nitrogen and oxygen atoms in total. The molecule has 4 N–H and O–H groups in total. The van der Waals surface area contributed by atoms with Crippen LogP contribution in [0.25, 0.3) is 22.1 Å². The number of nitrogen functional groups attached to an aromatic ring is 2. The molecule has 4 aromatic carbocycles. The number of aliphatic carboxylic acids is 2. The normalized spacial score (nSPS) is 10.9. The SMILES string of the molecule is Nc1n(CCCCCn2c(N)[n+](Cc3ccccc3)c3ccccc32)c2ccccc2[n+]1Cc1ccccc1.O=C([O-])C(=O)[O-]. The molecule has 0 aliphatic rings. The summed E-state index contributed by atoms with van der Waals surface area (Å²) >= 11 is 0. The molecule has 45 heavy (non-hydrogen) atoms. The van der Waals surface area contributed by atoms with Gasteiger partial charge in [0.25, 0.3) is 0 Å². The van der Waals surface area contributed by atoms with E-state index < -0.39 is 11.9 Å². The molecule has 2 heterocycles. The number of imidazole rings is 2. The maximum Gasteiger partial charge on any atom is 0.356 e. The predicted molar refractivity (Wildman–Crippen MR) is 168 cm³/mol. The Kier molecular flexibility index (Phi) is 9.74. The zero-order chi connectivity index (χ0) is 31.8. The zero-order valence-electron chi connectivity index (χ0n) is 24.9. The number of fused-ring (bicyclic) bond motifs is 2. The number of hydrogen-bond acceptors (Lipinski definition) is 6. The Labute approximate surface area is 261 Å². The topological polar surface area (TPSA) is 150 Å². The van der Waals surface area contributed by atoms with Crippen molar-refractivity contribution in [1.82, 2.24) is 9.13 Å². The molecule has 0 saturated carbocycles. The predicted octanol–water partition coefficient (Wildman–Crippen LogP) is 1.79. The van der Waals surface area contributed by atoms with Crippen LogP contribution in [0.1, 0.15) is 30.4 Å². The molecule has 2 aromatic heterocycles. The average Bonchev–Trinajstić information content (AvgIpc) is 3.47. The molecule has 0 spiro atoms. The Morgan fingerprint density at radius 1 is 0.533 bits per heavy atom. The first-order valence-electron chi connectivity index (χ1n) is 14.9. The quantitative estimate of drug-likeness (QED) is 0.138. The van der Waals surface area contributed by atoms with Crippen LogP contribution < -0.4 is 30.8 Å². The number of anilines is 2. The van der Waals surface area contributed by atoms with Gasteiger partial charge in [-0.3, -0.25) is 11.5 Å². The van der Waals surface area contributed by atoms with E-state index in [1.165, 1.54) is 33.2 Å². The second kappa shape index (κ2) is 14.2. The highest BCUT2D eigenvalue weighted by atomic mass is 16.4. The van der Waals surface area contributed by atoms with Gasteiger partial charge in [0, 0.05) is 0 Å². The molecule has 0 aliphatic heterocycles. The molecule has 0 aliphatic carbocycles. The first-order chi connectivity index (χ1) is 21.8. The first-order valence-corrected chi connectivity index (χ1v) is 14.9. The lowest BCUT2D eigenvalue weighted by molar-refractivity contribution is -0.648. The molecule has 0 atom stereocenters. The number of hydrogen-bond donors (Lipinski definition) is 2. The Morgan fingerprint density at radius 3 is 1.27 bits per heavy atom. The Morgan fingerprint density at radius 2 is 0.889 bits per heavy atom. The molecular formula is C35H36N6O4. The van der Waals surface area contributed by atoms with E-state index in [9.17, 15) is 0 Å². The highest BCUT2D eigenvalue weighted by molar-refractivity contribution is 6.25. The number of carbonyl (C=O) groups excluding carboxylic acids is 2. The fourth-order valence-corrected chi connectivity index (χ4v) is 5.68. The van der Waals surface area contributed by atoms with Gasteiger partial charge in [-0.05, 0) is 54.7 Å². The lowest BCUT2D eigenvalue weighted by atomic mass is 10.2. The Balaban J connectivity index is 0.000000609. The van der Waals surface area contributed by atoms with Crippen molar-refractivity contribution in [3.05, 3.63) is 120 Å². The maximum absolute atomic E-state index is 8.93. The van der Waals surface area contributed by atoms with Crippen molar-refractivity contribution in [2.75, 3.05) is 11.5 Å². The summed E-state index contributed by atoms with van der Waals surface area (Å²) in [4.78, 5) is 17.9. The number of nitrogens with two attached hydrogens (primary N) is 2. The maximum atomic E-state index is 8.93. The van der Waals surface area contributed by atoms with E-state index in [0.29, 0.717) is 0 Å². The molecule has 0 radical (unpaired) electrons. The summed E-state index contributed by atoms with van der Waals surface area (Å²) in [6, 6.07) is 38.0. The van der Waals surface area contributed by atoms with E-state index in [4.69, 9.17) is 31.3 Å². The molecule has 0 amide bonds. The minimum Gasteiger partial charge on any atom is -0.543 e. The van der Waals surface area contributed by atoms with Crippen LogP contribution in [0.15, 0.2) is 109 Å². The van der Waals surface area contributed by atoms with Crippen LogP contribution in [0.4, 0.5) is 11.9 Å². The Bertz CT molecular complexity index is 1780. The van der Waals surface area contributed by atoms with Crippen LogP contribution in [0.2, 0.25) is 0 Å². The minimum atomic E-state index is -2.19. The third kappa shape index (κ3) is 7.13. The second-order valence-electron chi connectivity index (χ2n) is 10.8. The highest BCUT2D eigenvalue weighted by Gasteiger charge is 2.22. The third-order valence-electron chi connectivity index (χ3n) is 7.83. The highest BCUT2D eigenvalue weighted by Crippen LogP contribution is 2.20. The molecule has 0 bridgehead atoms. The number of unbranched alkanes of at least 4 members (excludes halogenated alkanes) is 2. The summed E-state index contributed by atoms with van der Waals surface area (Å²) in [5.74, 6) is -2.75. The molecule has 6 aromatic rings. The average molecular weight is 605 g/mol. The van der Waals surface area contributed by atoms with Gasteiger partial charge in [-0.15, -0.1) is 0 Å². The number of rotatable bonds is 10. The fraction of sp³-hybridized carbons (Fsp3) is 0.200. The summed E-state index contributed by atoms with van der Waals surface area (Å²) in [6.45, 7) is 3.32. The molecule has 0 unspecified atom stereocenters. The Hall–Kier alpha value is -5.64. The molecule has 0 fully saturated rings. The number of carboxylic acids is 2. The lowest BCUT2D eigenvalue weighted by Gasteiger charge is -2.05. The van der Waals surface area contributed by atoms with E-state index in [0.717, 1.165) is 57.3 Å². The van der Waals surface area contributed by atoms with Gasteiger partial charge in [0.05, 0.1) is 38.1 Å². The van der Waals surface area contributed by atoms with E-state index in [-0.39, 0.29) is 0 Å². The van der Waals surface area contributed by atoms with Crippen molar-refractivity contribution in [3.63, 3.8) is 0 Å². The summed E-state index contributed by atoms with van der Waals surface area (Å²) in [6.07, 6.45) is 3.20. The van der Waals surface area contributed by atoms with Crippen molar-refractivity contribution < 1.29 is 28.9 Å². The van der Waals surface area contributed by atoms with Gasteiger partial charge in [-0.1, -0.05) is 84.9 Å². The lowest BCUT2D eigenvalue weighted by Crippen LogP contribution is -2.42. The summed E-state index contributed by atoms with van der Waals surface area (Å²) in [5.41, 5.74) is 20.7. The van der Waals surface area contributed by atoms with Gasteiger partial charge >= 0.3 is 11.9 Å². The standard InChI is InChI=1S/C33H34N6.C2H2O4/c34-32-36(28-18-8-10-20-30(28)38(32)24-26-14-4-1-5-15-26)22-12-3-13-23-37-29-19-9-11-21-31(29)39(33(37)35)25-27-16-6-2-7-17-27;3-1(4)2(5)6/h1-2,4-11,14-21,34-35H,3,12-13,22-25H2;(H,3,4)(H,5,6). The molecule has 0 saturated heterocycles. The second-order valence-corrected chi connectivity index (χ2v) is 10.8. The van der Waals surface area contributed by atoms with Gasteiger partial charge in [-0.2, -0.15) is 0 Å². The van der Waals surface area contributed by atoms with E-state index in [2.05, 4.69) is 115 Å². The van der Waals surface area contributed by atoms with Gasteiger partial charge in [0.15, 0.2) is 0 Å². The summed E-state index contributed by atoms with van der Waals surface area (Å²) in [5, 5.41) is 17.9. The number of carboxylic acid groups (broad SMARTS) is 2. The molecule has 6 rings (SSSR count). The number of aryl methyl sites for hydroxylation is 2. The summed E-state index contributed by atoms with van der Waals surface area (Å²) in [7, 11) is 0. The fourth-order valence-electron chi connectivity index (χ4n) is 5.68. The van der Waals surface area contributed by atoms with Crippen molar-refractivity contribution >= 4 is 45.9 Å². The van der Waals surface area contributed by atoms with E-state index >= 15 is 0 Å². The smallest absolute Gasteiger partial charge is 0.356 e. The first kappa shape index (κ1) is 30.8. The van der Waals surface area contributed by atoms with Gasteiger partial charge in [0.1, 0.15) is 22.1 Å². The monoisotopic (exact) mass is 604 g/mol.